The molecule has 0 aliphatic carbocycles. The summed E-state index contributed by atoms with van der Waals surface area (Å²) < 4.78 is 0. The van der Waals surface area contributed by atoms with Crippen LogP contribution in [0.1, 0.15) is 11.1 Å². The number of rotatable bonds is 2. The Morgan fingerprint density at radius 3 is 2.62 bits per heavy atom. The molecule has 13 heavy (non-hydrogen) atoms. The predicted molar refractivity (Wildman–Crippen MR) is 53.7 cm³/mol. The van der Waals surface area contributed by atoms with E-state index in [2.05, 4.69) is 0 Å². The van der Waals surface area contributed by atoms with E-state index in [4.69, 9.17) is 18.0 Å². The number of nitrogens with two attached hydrogens (primary N) is 1. The van der Waals surface area contributed by atoms with Crippen molar-refractivity contribution in [3.8, 4) is 0 Å². The Hall–Kier alpha value is -1.49. The van der Waals surface area contributed by atoms with Crippen molar-refractivity contribution in [3.63, 3.8) is 0 Å². The van der Waals surface area contributed by atoms with Crippen LogP contribution in [0.2, 0.25) is 0 Å². The molecule has 1 aromatic rings. The van der Waals surface area contributed by atoms with Gasteiger partial charge >= 0.3 is 0 Å². The molecular formula is C8H8N2O2S. The molecule has 0 amide bonds. The lowest BCUT2D eigenvalue weighted by atomic mass is 10.1. The van der Waals surface area contributed by atoms with Gasteiger partial charge in [-0.15, -0.1) is 0 Å². The van der Waals surface area contributed by atoms with Crippen LogP contribution in [0.3, 0.4) is 0 Å². The number of hydrogen-bond donors (Lipinski definition) is 1. The van der Waals surface area contributed by atoms with E-state index >= 15 is 0 Å². The summed E-state index contributed by atoms with van der Waals surface area (Å²) in [7, 11) is 0. The number of benzene rings is 1. The second-order valence-corrected chi connectivity index (χ2v) is 3.06. The zero-order valence-electron chi connectivity index (χ0n) is 6.98. The van der Waals surface area contributed by atoms with E-state index < -0.39 is 4.92 Å². The molecule has 0 heterocycles. The van der Waals surface area contributed by atoms with Gasteiger partial charge in [-0.1, -0.05) is 12.2 Å². The Kier molecular flexibility index (Phi) is 2.57. The normalized spacial score (nSPS) is 9.62. The summed E-state index contributed by atoms with van der Waals surface area (Å²) in [6.07, 6.45) is 0. The van der Waals surface area contributed by atoms with Gasteiger partial charge < -0.3 is 5.73 Å². The number of aryl methyl sites for hydroxylation is 1. The van der Waals surface area contributed by atoms with Gasteiger partial charge in [0.25, 0.3) is 5.69 Å². The molecule has 0 spiro atoms. The van der Waals surface area contributed by atoms with Crippen LogP contribution < -0.4 is 5.73 Å². The Bertz CT molecular complexity index is 376. The molecule has 0 atom stereocenters. The monoisotopic (exact) mass is 196 g/mol. The first-order valence-electron chi connectivity index (χ1n) is 3.57. The average molecular weight is 196 g/mol. The van der Waals surface area contributed by atoms with Gasteiger partial charge in [-0.3, -0.25) is 10.1 Å². The molecule has 0 aliphatic rings. The third kappa shape index (κ3) is 2.00. The summed E-state index contributed by atoms with van der Waals surface area (Å²) in [5.41, 5.74) is 6.86. The van der Waals surface area contributed by atoms with E-state index in [1.165, 1.54) is 12.1 Å². The molecule has 0 saturated heterocycles. The second kappa shape index (κ2) is 3.49. The zero-order valence-corrected chi connectivity index (χ0v) is 7.80. The maximum Gasteiger partial charge on any atom is 0.269 e. The first-order valence-corrected chi connectivity index (χ1v) is 3.98. The van der Waals surface area contributed by atoms with Gasteiger partial charge in [0, 0.05) is 17.7 Å². The summed E-state index contributed by atoms with van der Waals surface area (Å²) in [4.78, 5) is 10.2. The van der Waals surface area contributed by atoms with E-state index in [1.807, 2.05) is 0 Å². The third-order valence-electron chi connectivity index (χ3n) is 1.69. The quantitative estimate of drug-likeness (QED) is 0.442. The van der Waals surface area contributed by atoms with Gasteiger partial charge in [-0.25, -0.2) is 0 Å². The minimum absolute atomic E-state index is 0.0532. The lowest BCUT2D eigenvalue weighted by Gasteiger charge is -2.01. The number of thiocarbonyl (C=S) groups is 1. The molecule has 5 heteroatoms. The number of nitro benzene ring substituents is 1. The predicted octanol–water partition coefficient (Wildman–Crippen LogP) is 1.54. The van der Waals surface area contributed by atoms with Gasteiger partial charge in [0.2, 0.25) is 0 Å². The summed E-state index contributed by atoms with van der Waals surface area (Å²) in [6, 6.07) is 4.41. The van der Waals surface area contributed by atoms with Crippen molar-refractivity contribution in [1.82, 2.24) is 0 Å². The van der Waals surface area contributed by atoms with Crippen LogP contribution in [0.5, 0.6) is 0 Å². The van der Waals surface area contributed by atoms with Gasteiger partial charge in [0.05, 0.1) is 4.92 Å². The summed E-state index contributed by atoms with van der Waals surface area (Å²) >= 11 is 4.77. The topological polar surface area (TPSA) is 69.2 Å². The van der Waals surface area contributed by atoms with E-state index in [1.54, 1.807) is 13.0 Å². The SMILES string of the molecule is Cc1cc([N+](=O)[O-])ccc1C(N)=S. The second-order valence-electron chi connectivity index (χ2n) is 2.62. The number of nitro groups is 1. The molecule has 0 radical (unpaired) electrons. The van der Waals surface area contributed by atoms with Crippen LogP contribution in [0.25, 0.3) is 0 Å². The van der Waals surface area contributed by atoms with Crippen molar-refractivity contribution >= 4 is 22.9 Å². The molecule has 1 aromatic carbocycles. The number of non-ortho nitro benzene ring substituents is 1. The summed E-state index contributed by atoms with van der Waals surface area (Å²) in [5, 5.41) is 10.4. The number of hydrogen-bond acceptors (Lipinski definition) is 3. The highest BCUT2D eigenvalue weighted by atomic mass is 32.1. The van der Waals surface area contributed by atoms with Crippen molar-refractivity contribution in [3.05, 3.63) is 39.4 Å². The zero-order chi connectivity index (χ0) is 10.0. The van der Waals surface area contributed by atoms with Crippen molar-refractivity contribution in [2.45, 2.75) is 6.92 Å². The minimum Gasteiger partial charge on any atom is -0.389 e. The standard InChI is InChI=1S/C8H8N2O2S/c1-5-4-6(10(11)12)2-3-7(5)8(9)13/h2-4H,1H3,(H2,9,13). The molecule has 1 rings (SSSR count). The van der Waals surface area contributed by atoms with E-state index in [-0.39, 0.29) is 10.7 Å². The van der Waals surface area contributed by atoms with Gasteiger partial charge in [0.15, 0.2) is 0 Å². The van der Waals surface area contributed by atoms with Gasteiger partial charge in [-0.2, -0.15) is 0 Å². The largest absolute Gasteiger partial charge is 0.389 e. The molecule has 0 bridgehead atoms. The fourth-order valence-electron chi connectivity index (χ4n) is 1.04. The van der Waals surface area contributed by atoms with E-state index in [0.717, 1.165) is 5.56 Å². The van der Waals surface area contributed by atoms with Crippen molar-refractivity contribution in [2.24, 2.45) is 5.73 Å². The van der Waals surface area contributed by atoms with Crippen molar-refractivity contribution in [1.29, 1.82) is 0 Å². The molecule has 0 saturated carbocycles. The maximum atomic E-state index is 10.4. The highest BCUT2D eigenvalue weighted by Crippen LogP contribution is 2.16. The first-order chi connectivity index (χ1) is 6.02. The highest BCUT2D eigenvalue weighted by Gasteiger charge is 2.08. The van der Waals surface area contributed by atoms with Crippen LogP contribution >= 0.6 is 12.2 Å². The molecule has 4 nitrogen and oxygen atoms in total. The van der Waals surface area contributed by atoms with Gasteiger partial charge in [-0.05, 0) is 18.6 Å². The van der Waals surface area contributed by atoms with E-state index in [0.29, 0.717) is 5.56 Å². The molecule has 2 N–H and O–H groups in total. The van der Waals surface area contributed by atoms with Crippen LogP contribution in [0.4, 0.5) is 5.69 Å². The third-order valence-corrected chi connectivity index (χ3v) is 1.91. The maximum absolute atomic E-state index is 10.4. The van der Waals surface area contributed by atoms with Crippen LogP contribution in [0.15, 0.2) is 18.2 Å². The Balaban J connectivity index is 3.20. The smallest absolute Gasteiger partial charge is 0.269 e. The number of nitrogens with zero attached hydrogens (tertiary/aromatic N) is 1. The summed E-state index contributed by atoms with van der Waals surface area (Å²) in [6.45, 7) is 1.74. The lowest BCUT2D eigenvalue weighted by Crippen LogP contribution is -2.11. The summed E-state index contributed by atoms with van der Waals surface area (Å²) in [5.74, 6) is 0. The fourth-order valence-corrected chi connectivity index (χ4v) is 1.27. The molecular weight excluding hydrogens is 188 g/mol. The molecule has 68 valence electrons. The molecule has 0 fully saturated rings. The van der Waals surface area contributed by atoms with Crippen LogP contribution in [-0.2, 0) is 0 Å². The molecule has 0 aliphatic heterocycles. The fraction of sp³-hybridized carbons (Fsp3) is 0.125. The average Bonchev–Trinajstić information content (AvgIpc) is 2.03. The van der Waals surface area contributed by atoms with E-state index in [9.17, 15) is 10.1 Å². The van der Waals surface area contributed by atoms with Crippen molar-refractivity contribution < 1.29 is 4.92 Å². The first kappa shape index (κ1) is 9.60. The van der Waals surface area contributed by atoms with Crippen LogP contribution in [0, 0.1) is 17.0 Å². The Morgan fingerprint density at radius 1 is 1.62 bits per heavy atom. The highest BCUT2D eigenvalue weighted by molar-refractivity contribution is 7.80. The molecule has 0 unspecified atom stereocenters. The Morgan fingerprint density at radius 2 is 2.23 bits per heavy atom. The minimum atomic E-state index is -0.448. The van der Waals surface area contributed by atoms with Crippen LogP contribution in [-0.4, -0.2) is 9.91 Å². The van der Waals surface area contributed by atoms with Gasteiger partial charge in [0.1, 0.15) is 4.99 Å². The lowest BCUT2D eigenvalue weighted by molar-refractivity contribution is -0.384. The van der Waals surface area contributed by atoms with Crippen molar-refractivity contribution in [2.75, 3.05) is 0 Å². The Labute approximate surface area is 80.5 Å². The molecule has 0 aromatic heterocycles.